The second-order valence-electron chi connectivity index (χ2n) is 5.63. The van der Waals surface area contributed by atoms with E-state index in [9.17, 15) is 19.2 Å². The van der Waals surface area contributed by atoms with Gasteiger partial charge in [0.15, 0.2) is 0 Å². The van der Waals surface area contributed by atoms with Gasteiger partial charge >= 0.3 is 24.1 Å². The lowest BCUT2D eigenvalue weighted by atomic mass is 10.2. The van der Waals surface area contributed by atoms with Crippen molar-refractivity contribution in [1.29, 1.82) is 0 Å². The van der Waals surface area contributed by atoms with Gasteiger partial charge in [0.05, 0.1) is 6.42 Å². The molecule has 2 aliphatic heterocycles. The molecule has 2 heterocycles. The normalized spacial score (nSPS) is 18.7. The third kappa shape index (κ3) is 4.92. The van der Waals surface area contributed by atoms with E-state index in [4.69, 9.17) is 5.73 Å². The van der Waals surface area contributed by atoms with Crippen LogP contribution in [0.4, 0.5) is 9.59 Å². The zero-order chi connectivity index (χ0) is 16.8. The molecule has 9 nitrogen and oxygen atoms in total. The van der Waals surface area contributed by atoms with Gasteiger partial charge in [-0.05, 0) is 25.7 Å². The maximum Gasteiger partial charge on any atom is 0.417 e. The highest BCUT2D eigenvalue weighted by Gasteiger charge is 2.28. The molecule has 0 aromatic heterocycles. The monoisotopic (exact) mass is 327 g/mol. The molecule has 0 aromatic carbocycles. The molecule has 1 atom stereocenters. The first-order valence-electron chi connectivity index (χ1n) is 7.73. The van der Waals surface area contributed by atoms with Gasteiger partial charge in [-0.15, -0.1) is 0 Å². The molecular formula is C14H21N3O6. The quantitative estimate of drug-likeness (QED) is 0.581. The number of hydrogen-bond acceptors (Lipinski definition) is 7. The van der Waals surface area contributed by atoms with Crippen LogP contribution in [0.2, 0.25) is 0 Å². The number of hydrogen-bond donors (Lipinski definition) is 1. The molecule has 1 unspecified atom stereocenters. The second-order valence-corrected chi connectivity index (χ2v) is 5.63. The van der Waals surface area contributed by atoms with Crippen LogP contribution in [-0.4, -0.2) is 66.1 Å². The lowest BCUT2D eigenvalue weighted by Crippen LogP contribution is -2.40. The third-order valence-corrected chi connectivity index (χ3v) is 3.81. The van der Waals surface area contributed by atoms with Gasteiger partial charge in [-0.25, -0.2) is 14.4 Å². The summed E-state index contributed by atoms with van der Waals surface area (Å²) >= 11 is 0. The summed E-state index contributed by atoms with van der Waals surface area (Å²) in [7, 11) is 0. The molecule has 0 aliphatic carbocycles. The van der Waals surface area contributed by atoms with Gasteiger partial charge in [-0.2, -0.15) is 0 Å². The first-order valence-corrected chi connectivity index (χ1v) is 7.73. The van der Waals surface area contributed by atoms with Crippen LogP contribution in [0, 0.1) is 0 Å². The van der Waals surface area contributed by atoms with E-state index in [-0.39, 0.29) is 0 Å². The standard InChI is InChI=1S/C14H21N3O6/c15-10(12(19)23-14(21)17-7-3-4-8-17)9-11(18)22-13(20)16-5-1-2-6-16/h10H,1-9,15H2. The molecule has 0 aromatic rings. The second kappa shape index (κ2) is 7.91. The van der Waals surface area contributed by atoms with Crippen molar-refractivity contribution in [2.75, 3.05) is 26.2 Å². The van der Waals surface area contributed by atoms with Gasteiger partial charge in [0.2, 0.25) is 0 Å². The number of amides is 2. The predicted molar refractivity (Wildman–Crippen MR) is 77.2 cm³/mol. The molecule has 2 aliphatic rings. The molecular weight excluding hydrogens is 306 g/mol. The fourth-order valence-electron chi connectivity index (χ4n) is 2.49. The van der Waals surface area contributed by atoms with Crippen molar-refractivity contribution in [3.05, 3.63) is 0 Å². The van der Waals surface area contributed by atoms with Gasteiger partial charge in [0.1, 0.15) is 6.04 Å². The highest BCUT2D eigenvalue weighted by Crippen LogP contribution is 2.11. The molecule has 0 bridgehead atoms. The Hall–Kier alpha value is -2.16. The molecule has 2 amide bonds. The number of esters is 2. The summed E-state index contributed by atoms with van der Waals surface area (Å²) in [6.07, 6.45) is 1.44. The van der Waals surface area contributed by atoms with E-state index in [2.05, 4.69) is 9.47 Å². The molecule has 128 valence electrons. The maximum atomic E-state index is 11.7. The van der Waals surface area contributed by atoms with E-state index in [0.717, 1.165) is 25.7 Å². The van der Waals surface area contributed by atoms with Crippen LogP contribution in [0.1, 0.15) is 32.1 Å². The number of nitrogens with two attached hydrogens (primary N) is 1. The fourth-order valence-corrected chi connectivity index (χ4v) is 2.49. The number of nitrogens with zero attached hydrogens (tertiary/aromatic N) is 2. The highest BCUT2D eigenvalue weighted by atomic mass is 16.6. The summed E-state index contributed by atoms with van der Waals surface area (Å²) in [6, 6.07) is -1.35. The number of carbonyl (C=O) groups excluding carboxylic acids is 4. The van der Waals surface area contributed by atoms with Crippen molar-refractivity contribution in [1.82, 2.24) is 9.80 Å². The zero-order valence-electron chi connectivity index (χ0n) is 12.9. The van der Waals surface area contributed by atoms with Crippen molar-refractivity contribution in [3.8, 4) is 0 Å². The van der Waals surface area contributed by atoms with Crippen LogP contribution in [0.5, 0.6) is 0 Å². The molecule has 9 heteroatoms. The van der Waals surface area contributed by atoms with E-state index in [1.807, 2.05) is 0 Å². The largest absolute Gasteiger partial charge is 0.417 e. The number of likely N-dealkylation sites (tertiary alicyclic amines) is 2. The van der Waals surface area contributed by atoms with Gasteiger partial charge < -0.3 is 25.0 Å². The van der Waals surface area contributed by atoms with E-state index < -0.39 is 36.6 Å². The smallest absolute Gasteiger partial charge is 0.376 e. The Kier molecular flexibility index (Phi) is 5.91. The van der Waals surface area contributed by atoms with Crippen LogP contribution in [0.15, 0.2) is 0 Å². The van der Waals surface area contributed by atoms with Gasteiger partial charge in [-0.1, -0.05) is 0 Å². The summed E-state index contributed by atoms with van der Waals surface area (Å²) in [5.74, 6) is -1.92. The minimum Gasteiger partial charge on any atom is -0.376 e. The minimum absolute atomic E-state index is 0.522. The van der Waals surface area contributed by atoms with E-state index >= 15 is 0 Å². The Labute approximate surface area is 133 Å². The topological polar surface area (TPSA) is 119 Å². The fraction of sp³-hybridized carbons (Fsp3) is 0.714. The molecule has 2 fully saturated rings. The molecule has 0 saturated carbocycles. The summed E-state index contributed by atoms with van der Waals surface area (Å²) < 4.78 is 9.25. The van der Waals surface area contributed by atoms with E-state index in [0.29, 0.717) is 26.2 Å². The maximum absolute atomic E-state index is 11.7. The van der Waals surface area contributed by atoms with Crippen molar-refractivity contribution in [2.24, 2.45) is 5.73 Å². The zero-order valence-corrected chi connectivity index (χ0v) is 12.9. The van der Waals surface area contributed by atoms with Crippen molar-refractivity contribution >= 4 is 24.1 Å². The minimum atomic E-state index is -1.35. The van der Waals surface area contributed by atoms with Crippen molar-refractivity contribution in [3.63, 3.8) is 0 Å². The van der Waals surface area contributed by atoms with Crippen molar-refractivity contribution < 1.29 is 28.7 Å². The molecule has 23 heavy (non-hydrogen) atoms. The predicted octanol–water partition coefficient (Wildman–Crippen LogP) is 0.222. The van der Waals surface area contributed by atoms with Crippen LogP contribution in [-0.2, 0) is 19.1 Å². The third-order valence-electron chi connectivity index (χ3n) is 3.81. The van der Waals surface area contributed by atoms with E-state index in [1.54, 1.807) is 0 Å². The van der Waals surface area contributed by atoms with Crippen molar-refractivity contribution in [2.45, 2.75) is 38.1 Å². The van der Waals surface area contributed by atoms with Gasteiger partial charge in [-0.3, -0.25) is 4.79 Å². The number of ether oxygens (including phenoxy) is 2. The summed E-state index contributed by atoms with van der Waals surface area (Å²) in [6.45, 7) is 2.16. The van der Waals surface area contributed by atoms with Crippen LogP contribution in [0.25, 0.3) is 0 Å². The Morgan fingerprint density at radius 1 is 0.826 bits per heavy atom. The van der Waals surface area contributed by atoms with Crippen LogP contribution < -0.4 is 5.73 Å². The average Bonchev–Trinajstić information content (AvgIpc) is 3.20. The van der Waals surface area contributed by atoms with E-state index in [1.165, 1.54) is 9.80 Å². The first-order chi connectivity index (χ1) is 11.0. The SMILES string of the molecule is NC(CC(=O)OC(=O)N1CCCC1)C(=O)OC(=O)N1CCCC1. The van der Waals surface area contributed by atoms with Crippen LogP contribution >= 0.6 is 0 Å². The average molecular weight is 327 g/mol. The Morgan fingerprint density at radius 3 is 1.74 bits per heavy atom. The Bertz CT molecular complexity index is 483. The Balaban J connectivity index is 1.72. The molecule has 0 radical (unpaired) electrons. The molecule has 2 rings (SSSR count). The molecule has 2 saturated heterocycles. The number of rotatable bonds is 3. The summed E-state index contributed by atoms with van der Waals surface area (Å²) in [5, 5.41) is 0. The first kappa shape index (κ1) is 17.2. The van der Waals surface area contributed by atoms with Crippen LogP contribution in [0.3, 0.4) is 0 Å². The molecule has 2 N–H and O–H groups in total. The van der Waals surface area contributed by atoms with Gasteiger partial charge in [0, 0.05) is 26.2 Å². The molecule has 0 spiro atoms. The summed E-state index contributed by atoms with van der Waals surface area (Å²) in [4.78, 5) is 49.4. The Morgan fingerprint density at radius 2 is 1.26 bits per heavy atom. The highest BCUT2D eigenvalue weighted by molar-refractivity contribution is 5.92. The van der Waals surface area contributed by atoms with Gasteiger partial charge in [0.25, 0.3) is 0 Å². The lowest BCUT2D eigenvalue weighted by Gasteiger charge is -2.16. The number of carbonyl (C=O) groups is 4. The lowest BCUT2D eigenvalue weighted by molar-refractivity contribution is -0.146. The summed E-state index contributed by atoms with van der Waals surface area (Å²) in [5.41, 5.74) is 5.52.